The number of benzene rings is 2. The molecule has 0 aromatic heterocycles. The monoisotopic (exact) mass is 476 g/mol. The fourth-order valence-electron chi connectivity index (χ4n) is 3.20. The maximum atomic E-state index is 15.2. The Morgan fingerprint density at radius 2 is 1.61 bits per heavy atom. The molecular formula is C24H25FO7S. The first-order chi connectivity index (χ1) is 15.9. The van der Waals surface area contributed by atoms with E-state index in [0.29, 0.717) is 16.9 Å². The summed E-state index contributed by atoms with van der Waals surface area (Å²) in [6.07, 6.45) is -5.00. The molecule has 0 bridgehead atoms. The summed E-state index contributed by atoms with van der Waals surface area (Å²) in [4.78, 5) is 35.8. The third kappa shape index (κ3) is 7.66. The minimum absolute atomic E-state index is 0.0341. The largest absolute Gasteiger partial charge is 0.459 e. The lowest BCUT2D eigenvalue weighted by molar-refractivity contribution is -0.242. The minimum Gasteiger partial charge on any atom is -0.459 e. The van der Waals surface area contributed by atoms with Crippen molar-refractivity contribution in [2.75, 3.05) is 19.0 Å². The first kappa shape index (κ1) is 24.9. The Bertz CT molecular complexity index is 925. The van der Waals surface area contributed by atoms with Crippen molar-refractivity contribution in [1.29, 1.82) is 0 Å². The van der Waals surface area contributed by atoms with Gasteiger partial charge in [0.2, 0.25) is 0 Å². The lowest BCUT2D eigenvalue weighted by atomic mass is 10.0. The summed E-state index contributed by atoms with van der Waals surface area (Å²) in [6.45, 7) is 1.25. The van der Waals surface area contributed by atoms with E-state index in [2.05, 4.69) is 0 Å². The summed E-state index contributed by atoms with van der Waals surface area (Å²) in [5.41, 5.74) is 0.614. The quantitative estimate of drug-likeness (QED) is 0.399. The standard InChI is InChI=1S/C24H25FO7S/c1-16(26)33-13-12-29-21-14-19(32-24(28)18-10-6-3-7-11-18)22(25)20(31-21)15-30-23(27)17-8-4-2-5-9-17/h2-11,19-22H,12-15H2,1H3/t19-,20-,21-,22+/m1/s1. The van der Waals surface area contributed by atoms with E-state index in [9.17, 15) is 14.4 Å². The minimum atomic E-state index is -1.73. The van der Waals surface area contributed by atoms with Gasteiger partial charge in [-0.1, -0.05) is 48.2 Å². The van der Waals surface area contributed by atoms with Crippen LogP contribution < -0.4 is 0 Å². The van der Waals surface area contributed by atoms with Crippen molar-refractivity contribution >= 4 is 28.8 Å². The van der Waals surface area contributed by atoms with Gasteiger partial charge in [-0.25, -0.2) is 14.0 Å². The van der Waals surface area contributed by atoms with E-state index in [1.54, 1.807) is 60.7 Å². The van der Waals surface area contributed by atoms with Crippen LogP contribution in [-0.2, 0) is 23.7 Å². The molecule has 0 radical (unpaired) electrons. The summed E-state index contributed by atoms with van der Waals surface area (Å²) in [5, 5.41) is -0.0487. The topological polar surface area (TPSA) is 88.1 Å². The van der Waals surface area contributed by atoms with Crippen LogP contribution in [0.2, 0.25) is 0 Å². The average Bonchev–Trinajstić information content (AvgIpc) is 2.83. The second-order valence-corrected chi connectivity index (χ2v) is 8.54. The number of esters is 2. The molecule has 1 fully saturated rings. The van der Waals surface area contributed by atoms with Crippen molar-refractivity contribution in [1.82, 2.24) is 0 Å². The van der Waals surface area contributed by atoms with Gasteiger partial charge >= 0.3 is 11.9 Å². The summed E-state index contributed by atoms with van der Waals surface area (Å²) in [5.74, 6) is -0.891. The third-order valence-corrected chi connectivity index (χ3v) is 5.59. The van der Waals surface area contributed by atoms with Crippen LogP contribution in [0.3, 0.4) is 0 Å². The first-order valence-electron chi connectivity index (χ1n) is 10.5. The summed E-state index contributed by atoms with van der Waals surface area (Å²) >= 11 is 1.09. The molecular weight excluding hydrogens is 451 g/mol. The zero-order valence-electron chi connectivity index (χ0n) is 18.1. The van der Waals surface area contributed by atoms with Crippen molar-refractivity contribution < 1.29 is 37.7 Å². The van der Waals surface area contributed by atoms with E-state index in [4.69, 9.17) is 18.9 Å². The zero-order chi connectivity index (χ0) is 23.6. The smallest absolute Gasteiger partial charge is 0.338 e. The van der Waals surface area contributed by atoms with Gasteiger partial charge in [0.1, 0.15) is 18.8 Å². The molecule has 7 nitrogen and oxygen atoms in total. The lowest BCUT2D eigenvalue weighted by Gasteiger charge is -2.37. The van der Waals surface area contributed by atoms with E-state index < -0.39 is 36.6 Å². The molecule has 0 spiro atoms. The van der Waals surface area contributed by atoms with Gasteiger partial charge < -0.3 is 18.9 Å². The van der Waals surface area contributed by atoms with Crippen LogP contribution in [0, 0.1) is 0 Å². The molecule has 1 saturated heterocycles. The molecule has 3 rings (SSSR count). The second kappa shape index (κ2) is 12.5. The van der Waals surface area contributed by atoms with E-state index in [-0.39, 0.29) is 24.7 Å². The molecule has 0 N–H and O–H groups in total. The van der Waals surface area contributed by atoms with Gasteiger partial charge in [-0.2, -0.15) is 0 Å². The number of thioether (sulfide) groups is 1. The zero-order valence-corrected chi connectivity index (χ0v) is 18.9. The Labute approximate surface area is 195 Å². The van der Waals surface area contributed by atoms with Crippen molar-refractivity contribution in [3.05, 3.63) is 71.8 Å². The maximum Gasteiger partial charge on any atom is 0.338 e. The second-order valence-electron chi connectivity index (χ2n) is 7.27. The molecule has 0 aliphatic carbocycles. The Balaban J connectivity index is 1.64. The molecule has 176 valence electrons. The van der Waals surface area contributed by atoms with Crippen molar-refractivity contribution in [3.63, 3.8) is 0 Å². The number of rotatable bonds is 9. The predicted octanol–water partition coefficient (Wildman–Crippen LogP) is 3.82. The molecule has 4 atom stereocenters. The fraction of sp³-hybridized carbons (Fsp3) is 0.375. The Hall–Kier alpha value is -2.75. The molecule has 2 aromatic rings. The molecule has 2 aromatic carbocycles. The van der Waals surface area contributed by atoms with Crippen LogP contribution in [0.1, 0.15) is 34.1 Å². The summed E-state index contributed by atoms with van der Waals surface area (Å²) in [6, 6.07) is 16.6. The number of carbonyl (C=O) groups excluding carboxylic acids is 3. The molecule has 1 aliphatic rings. The van der Waals surface area contributed by atoms with E-state index >= 15 is 4.39 Å². The number of alkyl halides is 1. The normalized spacial score (nSPS) is 22.4. The predicted molar refractivity (Wildman–Crippen MR) is 120 cm³/mol. The summed E-state index contributed by atoms with van der Waals surface area (Å²) < 4.78 is 37.1. The molecule has 0 unspecified atom stereocenters. The van der Waals surface area contributed by atoms with Crippen LogP contribution >= 0.6 is 11.8 Å². The SMILES string of the molecule is CC(=O)SCCO[C@H]1C[C@@H](OC(=O)c2ccccc2)[C@H](F)[C@@H](COC(=O)c2ccccc2)O1. The Morgan fingerprint density at radius 3 is 2.21 bits per heavy atom. The van der Waals surface area contributed by atoms with Gasteiger partial charge in [0.05, 0.1) is 17.7 Å². The van der Waals surface area contributed by atoms with Crippen LogP contribution in [0.25, 0.3) is 0 Å². The van der Waals surface area contributed by atoms with Gasteiger partial charge in [0, 0.05) is 19.1 Å². The third-order valence-electron chi connectivity index (χ3n) is 4.81. The number of carbonyl (C=O) groups is 3. The van der Waals surface area contributed by atoms with Crippen molar-refractivity contribution in [2.45, 2.75) is 38.0 Å². The number of halogens is 1. The number of hydrogen-bond acceptors (Lipinski definition) is 8. The van der Waals surface area contributed by atoms with Gasteiger partial charge in [0.15, 0.2) is 17.6 Å². The van der Waals surface area contributed by atoms with Crippen LogP contribution in [0.15, 0.2) is 60.7 Å². The van der Waals surface area contributed by atoms with Crippen molar-refractivity contribution in [2.24, 2.45) is 0 Å². The van der Waals surface area contributed by atoms with Crippen LogP contribution in [0.5, 0.6) is 0 Å². The summed E-state index contributed by atoms with van der Waals surface area (Å²) in [7, 11) is 0. The Morgan fingerprint density at radius 1 is 1.00 bits per heavy atom. The van der Waals surface area contributed by atoms with Crippen molar-refractivity contribution in [3.8, 4) is 0 Å². The molecule has 0 amide bonds. The lowest BCUT2D eigenvalue weighted by Crippen LogP contribution is -2.50. The highest BCUT2D eigenvalue weighted by atomic mass is 32.2. The average molecular weight is 477 g/mol. The van der Waals surface area contributed by atoms with E-state index in [1.165, 1.54) is 6.92 Å². The molecule has 9 heteroatoms. The number of ether oxygens (including phenoxy) is 4. The first-order valence-corrected chi connectivity index (χ1v) is 11.5. The van der Waals surface area contributed by atoms with Gasteiger partial charge in [-0.15, -0.1) is 0 Å². The van der Waals surface area contributed by atoms with Gasteiger partial charge in [0.25, 0.3) is 0 Å². The molecule has 1 heterocycles. The van der Waals surface area contributed by atoms with Gasteiger partial charge in [-0.05, 0) is 24.3 Å². The fourth-order valence-corrected chi connectivity index (χ4v) is 3.66. The van der Waals surface area contributed by atoms with E-state index in [0.717, 1.165) is 11.8 Å². The highest BCUT2D eigenvalue weighted by Crippen LogP contribution is 2.27. The molecule has 1 aliphatic heterocycles. The highest BCUT2D eigenvalue weighted by Gasteiger charge is 2.42. The van der Waals surface area contributed by atoms with E-state index in [1.807, 2.05) is 0 Å². The van der Waals surface area contributed by atoms with Crippen LogP contribution in [0.4, 0.5) is 4.39 Å². The van der Waals surface area contributed by atoms with Crippen LogP contribution in [-0.4, -0.2) is 60.7 Å². The maximum absolute atomic E-state index is 15.2. The highest BCUT2D eigenvalue weighted by molar-refractivity contribution is 8.13. The molecule has 0 saturated carbocycles. The number of hydrogen-bond donors (Lipinski definition) is 0. The Kier molecular flexibility index (Phi) is 9.41. The molecule has 33 heavy (non-hydrogen) atoms. The van der Waals surface area contributed by atoms with Gasteiger partial charge in [-0.3, -0.25) is 4.79 Å².